The fraction of sp³-hybridized carbons (Fsp3) is 0.467. The predicted molar refractivity (Wildman–Crippen MR) is 83.9 cm³/mol. The van der Waals surface area contributed by atoms with Crippen LogP contribution in [-0.2, 0) is 20.8 Å². The molecule has 1 N–H and O–H groups in total. The first-order valence-electron chi connectivity index (χ1n) is 7.47. The normalized spacial score (nSPS) is 12.1. The molecule has 1 atom stereocenters. The van der Waals surface area contributed by atoms with Crippen molar-refractivity contribution in [2.45, 2.75) is 26.5 Å². The standard InChI is InChI=1S/C15H21N5O3/c1-3-22-7-8-23-12(2)14(21)18-15-17-11-20(19-15)10-13-5-4-6-16-9-13/h4-6,9,11-12H,3,7-8,10H2,1-2H3,(H,18,19,21). The molecule has 2 rings (SSSR count). The van der Waals surface area contributed by atoms with Gasteiger partial charge < -0.3 is 9.47 Å². The average molecular weight is 319 g/mol. The number of hydrogen-bond donors (Lipinski definition) is 1. The average Bonchev–Trinajstić information content (AvgIpc) is 2.99. The van der Waals surface area contributed by atoms with E-state index >= 15 is 0 Å². The van der Waals surface area contributed by atoms with Crippen molar-refractivity contribution in [2.75, 3.05) is 25.1 Å². The molecule has 0 bridgehead atoms. The zero-order chi connectivity index (χ0) is 16.5. The molecule has 23 heavy (non-hydrogen) atoms. The number of ether oxygens (including phenoxy) is 2. The summed E-state index contributed by atoms with van der Waals surface area (Å²) in [5.41, 5.74) is 1.00. The van der Waals surface area contributed by atoms with Gasteiger partial charge in [0.15, 0.2) is 0 Å². The molecule has 0 aliphatic carbocycles. The van der Waals surface area contributed by atoms with Crippen LogP contribution in [0.15, 0.2) is 30.9 Å². The van der Waals surface area contributed by atoms with Gasteiger partial charge in [0, 0.05) is 19.0 Å². The highest BCUT2D eigenvalue weighted by Gasteiger charge is 2.15. The summed E-state index contributed by atoms with van der Waals surface area (Å²) in [7, 11) is 0. The van der Waals surface area contributed by atoms with Crippen molar-refractivity contribution in [3.8, 4) is 0 Å². The van der Waals surface area contributed by atoms with Crippen LogP contribution in [0.5, 0.6) is 0 Å². The topological polar surface area (TPSA) is 91.2 Å². The Morgan fingerprint density at radius 1 is 1.43 bits per heavy atom. The summed E-state index contributed by atoms with van der Waals surface area (Å²) in [6, 6.07) is 3.80. The lowest BCUT2D eigenvalue weighted by atomic mass is 10.3. The molecule has 124 valence electrons. The van der Waals surface area contributed by atoms with E-state index in [0.717, 1.165) is 5.56 Å². The third kappa shape index (κ3) is 5.76. The van der Waals surface area contributed by atoms with E-state index in [4.69, 9.17) is 9.47 Å². The smallest absolute Gasteiger partial charge is 0.255 e. The Bertz CT molecular complexity index is 602. The van der Waals surface area contributed by atoms with Crippen LogP contribution in [-0.4, -0.2) is 51.6 Å². The van der Waals surface area contributed by atoms with E-state index in [9.17, 15) is 4.79 Å². The Balaban J connectivity index is 1.80. The van der Waals surface area contributed by atoms with Crippen LogP contribution in [0, 0.1) is 0 Å². The minimum Gasteiger partial charge on any atom is -0.379 e. The maximum absolute atomic E-state index is 12.0. The number of carbonyl (C=O) groups is 1. The molecule has 0 spiro atoms. The van der Waals surface area contributed by atoms with E-state index in [2.05, 4.69) is 20.4 Å². The first-order chi connectivity index (χ1) is 11.2. The Kier molecular flexibility index (Phi) is 6.64. The fourth-order valence-electron chi connectivity index (χ4n) is 1.82. The Morgan fingerprint density at radius 3 is 3.04 bits per heavy atom. The molecule has 0 aromatic carbocycles. The first-order valence-corrected chi connectivity index (χ1v) is 7.47. The number of pyridine rings is 1. The van der Waals surface area contributed by atoms with Gasteiger partial charge in [-0.15, -0.1) is 5.10 Å². The quantitative estimate of drug-likeness (QED) is 0.696. The summed E-state index contributed by atoms with van der Waals surface area (Å²) >= 11 is 0. The lowest BCUT2D eigenvalue weighted by Gasteiger charge is -2.11. The van der Waals surface area contributed by atoms with E-state index in [0.29, 0.717) is 26.4 Å². The lowest BCUT2D eigenvalue weighted by molar-refractivity contribution is -0.127. The number of amides is 1. The molecule has 0 fully saturated rings. The van der Waals surface area contributed by atoms with Crippen LogP contribution in [0.1, 0.15) is 19.4 Å². The van der Waals surface area contributed by atoms with Crippen LogP contribution in [0.25, 0.3) is 0 Å². The molecule has 0 saturated carbocycles. The number of anilines is 1. The zero-order valence-corrected chi connectivity index (χ0v) is 13.3. The van der Waals surface area contributed by atoms with Gasteiger partial charge in [-0.3, -0.25) is 15.1 Å². The van der Waals surface area contributed by atoms with Gasteiger partial charge in [-0.05, 0) is 25.5 Å². The van der Waals surface area contributed by atoms with Gasteiger partial charge in [-0.2, -0.15) is 0 Å². The maximum atomic E-state index is 12.0. The minimum atomic E-state index is -0.597. The first kappa shape index (κ1) is 17.0. The molecule has 2 heterocycles. The predicted octanol–water partition coefficient (Wildman–Crippen LogP) is 1.10. The molecule has 8 nitrogen and oxygen atoms in total. The van der Waals surface area contributed by atoms with Crippen molar-refractivity contribution in [1.29, 1.82) is 0 Å². The van der Waals surface area contributed by atoms with Crippen molar-refractivity contribution in [3.63, 3.8) is 0 Å². The number of hydrogen-bond acceptors (Lipinski definition) is 6. The van der Waals surface area contributed by atoms with Crippen LogP contribution in [0.4, 0.5) is 5.95 Å². The van der Waals surface area contributed by atoms with Crippen LogP contribution in [0.3, 0.4) is 0 Å². The molecule has 0 aliphatic heterocycles. The number of nitrogens with one attached hydrogen (secondary N) is 1. The zero-order valence-electron chi connectivity index (χ0n) is 13.3. The largest absolute Gasteiger partial charge is 0.379 e. The van der Waals surface area contributed by atoms with Crippen molar-refractivity contribution >= 4 is 11.9 Å². The molecule has 2 aromatic heterocycles. The second-order valence-electron chi connectivity index (χ2n) is 4.83. The second-order valence-corrected chi connectivity index (χ2v) is 4.83. The van der Waals surface area contributed by atoms with Crippen molar-refractivity contribution in [1.82, 2.24) is 19.7 Å². The Morgan fingerprint density at radius 2 is 2.30 bits per heavy atom. The SMILES string of the molecule is CCOCCOC(C)C(=O)Nc1ncn(Cc2cccnc2)n1. The molecular formula is C15H21N5O3. The van der Waals surface area contributed by atoms with Crippen LogP contribution < -0.4 is 5.32 Å². The number of aromatic nitrogens is 4. The third-order valence-corrected chi connectivity index (χ3v) is 3.01. The minimum absolute atomic E-state index is 0.249. The highest BCUT2D eigenvalue weighted by molar-refractivity contribution is 5.92. The van der Waals surface area contributed by atoms with E-state index < -0.39 is 6.10 Å². The summed E-state index contributed by atoms with van der Waals surface area (Å²) < 4.78 is 12.2. The molecule has 0 saturated heterocycles. The highest BCUT2D eigenvalue weighted by atomic mass is 16.5. The molecule has 8 heteroatoms. The van der Waals surface area contributed by atoms with E-state index in [1.165, 1.54) is 0 Å². The summed E-state index contributed by atoms with van der Waals surface area (Å²) in [4.78, 5) is 20.1. The number of carbonyl (C=O) groups excluding carboxylic acids is 1. The van der Waals surface area contributed by atoms with Crippen molar-refractivity contribution < 1.29 is 14.3 Å². The molecular weight excluding hydrogens is 298 g/mol. The summed E-state index contributed by atoms with van der Waals surface area (Å²) in [6.45, 7) is 5.58. The van der Waals surface area contributed by atoms with Gasteiger partial charge in [-0.25, -0.2) is 9.67 Å². The van der Waals surface area contributed by atoms with E-state index in [-0.39, 0.29) is 11.9 Å². The Labute approximate surface area is 134 Å². The number of nitrogens with zero attached hydrogens (tertiary/aromatic N) is 4. The summed E-state index contributed by atoms with van der Waals surface area (Å²) in [5, 5.41) is 6.83. The van der Waals surface area contributed by atoms with E-state index in [1.807, 2.05) is 19.1 Å². The highest BCUT2D eigenvalue weighted by Crippen LogP contribution is 2.03. The van der Waals surface area contributed by atoms with Crippen LogP contribution >= 0.6 is 0 Å². The molecule has 0 aliphatic rings. The van der Waals surface area contributed by atoms with Gasteiger partial charge >= 0.3 is 0 Å². The van der Waals surface area contributed by atoms with E-state index in [1.54, 1.807) is 30.3 Å². The van der Waals surface area contributed by atoms with Gasteiger partial charge in [0.25, 0.3) is 5.91 Å². The third-order valence-electron chi connectivity index (χ3n) is 3.01. The lowest BCUT2D eigenvalue weighted by Crippen LogP contribution is -2.29. The summed E-state index contributed by atoms with van der Waals surface area (Å²) in [5.74, 6) is -0.0419. The molecule has 1 unspecified atom stereocenters. The Hall–Kier alpha value is -2.32. The maximum Gasteiger partial charge on any atom is 0.255 e. The monoisotopic (exact) mass is 319 g/mol. The second kappa shape index (κ2) is 8.96. The van der Waals surface area contributed by atoms with Gasteiger partial charge in [0.2, 0.25) is 5.95 Å². The van der Waals surface area contributed by atoms with Crippen molar-refractivity contribution in [2.24, 2.45) is 0 Å². The fourth-order valence-corrected chi connectivity index (χ4v) is 1.82. The number of rotatable bonds is 9. The molecule has 2 aromatic rings. The van der Waals surface area contributed by atoms with Crippen molar-refractivity contribution in [3.05, 3.63) is 36.4 Å². The summed E-state index contributed by atoms with van der Waals surface area (Å²) in [6.07, 6.45) is 4.43. The van der Waals surface area contributed by atoms with Gasteiger partial charge in [0.1, 0.15) is 12.4 Å². The van der Waals surface area contributed by atoms with Crippen LogP contribution in [0.2, 0.25) is 0 Å². The van der Waals surface area contributed by atoms with Gasteiger partial charge in [-0.1, -0.05) is 6.07 Å². The van der Waals surface area contributed by atoms with Gasteiger partial charge in [0.05, 0.1) is 19.8 Å². The molecule has 1 amide bonds. The molecule has 0 radical (unpaired) electrons.